The van der Waals surface area contributed by atoms with Gasteiger partial charge in [0.2, 0.25) is 5.75 Å². The van der Waals surface area contributed by atoms with Crippen LogP contribution in [0.15, 0.2) is 36.4 Å². The van der Waals surface area contributed by atoms with E-state index in [0.29, 0.717) is 11.6 Å². The molecule has 21 heavy (non-hydrogen) atoms. The van der Waals surface area contributed by atoms with Gasteiger partial charge in [0.25, 0.3) is 0 Å². The zero-order chi connectivity index (χ0) is 15.6. The van der Waals surface area contributed by atoms with Crippen molar-refractivity contribution in [3.05, 3.63) is 63.7 Å². The molecular formula is C14H11F2NO4. The molecule has 0 fully saturated rings. The lowest BCUT2D eigenvalue weighted by molar-refractivity contribution is -0.385. The number of hydrogen-bond acceptors (Lipinski definition) is 4. The molecule has 0 radical (unpaired) electrons. The summed E-state index contributed by atoms with van der Waals surface area (Å²) in [6.07, 6.45) is -0.889. The summed E-state index contributed by atoms with van der Waals surface area (Å²) >= 11 is 0. The molecule has 0 spiro atoms. The summed E-state index contributed by atoms with van der Waals surface area (Å²) < 4.78 is 31.4. The lowest BCUT2D eigenvalue weighted by Gasteiger charge is -2.10. The summed E-state index contributed by atoms with van der Waals surface area (Å²) in [6, 6.07) is 6.45. The van der Waals surface area contributed by atoms with Crippen LogP contribution < -0.4 is 4.74 Å². The van der Waals surface area contributed by atoms with Crippen molar-refractivity contribution in [3.8, 4) is 11.5 Å². The summed E-state index contributed by atoms with van der Waals surface area (Å²) in [5.41, 5.74) is -0.0919. The van der Waals surface area contributed by atoms with Gasteiger partial charge in [-0.3, -0.25) is 10.1 Å². The number of hydrogen-bond donors (Lipinski definition) is 1. The van der Waals surface area contributed by atoms with Crippen LogP contribution in [0.3, 0.4) is 0 Å². The van der Waals surface area contributed by atoms with Gasteiger partial charge in [-0.15, -0.1) is 0 Å². The highest BCUT2D eigenvalue weighted by molar-refractivity contribution is 5.51. The number of benzene rings is 2. The number of aliphatic hydroxyl groups excluding tert-OH is 1. The van der Waals surface area contributed by atoms with Crippen molar-refractivity contribution < 1.29 is 23.5 Å². The molecule has 7 heteroatoms. The molecule has 0 saturated heterocycles. The molecule has 110 valence electrons. The molecular weight excluding hydrogens is 284 g/mol. The molecule has 0 saturated carbocycles. The summed E-state index contributed by atoms with van der Waals surface area (Å²) in [5, 5.41) is 20.4. The largest absolute Gasteiger partial charge is 0.447 e. The number of halogens is 2. The maximum absolute atomic E-state index is 13.5. The van der Waals surface area contributed by atoms with Crippen LogP contribution in [0.5, 0.6) is 11.5 Å². The quantitative estimate of drug-likeness (QED) is 0.689. The SMILES string of the molecule is C[C@H](O)c1ccc(Oc2ccc(F)cc2F)c([N+](=O)[O-])c1. The van der Waals surface area contributed by atoms with E-state index in [-0.39, 0.29) is 11.5 Å². The predicted octanol–water partition coefficient (Wildman–Crippen LogP) is 3.72. The van der Waals surface area contributed by atoms with E-state index in [0.717, 1.165) is 18.2 Å². The zero-order valence-corrected chi connectivity index (χ0v) is 10.9. The summed E-state index contributed by atoms with van der Waals surface area (Å²) in [5.74, 6) is -2.28. The van der Waals surface area contributed by atoms with E-state index in [1.165, 1.54) is 19.1 Å². The van der Waals surface area contributed by atoms with E-state index < -0.39 is 28.3 Å². The highest BCUT2D eigenvalue weighted by Gasteiger charge is 2.19. The second-order valence-corrected chi connectivity index (χ2v) is 4.34. The molecule has 2 aromatic rings. The lowest BCUT2D eigenvalue weighted by atomic mass is 10.1. The number of aliphatic hydroxyl groups is 1. The van der Waals surface area contributed by atoms with Crippen molar-refractivity contribution in [2.75, 3.05) is 0 Å². The molecule has 0 aliphatic rings. The highest BCUT2D eigenvalue weighted by Crippen LogP contribution is 2.34. The van der Waals surface area contributed by atoms with Crippen LogP contribution in [0.1, 0.15) is 18.6 Å². The Morgan fingerprint density at radius 2 is 1.86 bits per heavy atom. The Balaban J connectivity index is 2.41. The van der Waals surface area contributed by atoms with Gasteiger partial charge >= 0.3 is 5.69 Å². The Labute approximate surface area is 118 Å². The van der Waals surface area contributed by atoms with E-state index in [1.54, 1.807) is 0 Å². The minimum Gasteiger partial charge on any atom is -0.447 e. The predicted molar refractivity (Wildman–Crippen MR) is 70.2 cm³/mol. The summed E-state index contributed by atoms with van der Waals surface area (Å²) in [7, 11) is 0. The third kappa shape index (κ3) is 3.32. The smallest absolute Gasteiger partial charge is 0.311 e. The fraction of sp³-hybridized carbons (Fsp3) is 0.143. The van der Waals surface area contributed by atoms with Gasteiger partial charge in [-0.25, -0.2) is 8.78 Å². The maximum atomic E-state index is 13.5. The highest BCUT2D eigenvalue weighted by atomic mass is 19.1. The van der Waals surface area contributed by atoms with Crippen molar-refractivity contribution >= 4 is 5.69 Å². The molecule has 2 rings (SSSR count). The molecule has 0 aliphatic heterocycles. The summed E-state index contributed by atoms with van der Waals surface area (Å²) in [4.78, 5) is 10.3. The Morgan fingerprint density at radius 3 is 2.43 bits per heavy atom. The first kappa shape index (κ1) is 14.9. The third-order valence-corrected chi connectivity index (χ3v) is 2.78. The number of nitro benzene ring substituents is 1. The van der Waals surface area contributed by atoms with Gasteiger partial charge in [-0.05, 0) is 30.7 Å². The molecule has 0 heterocycles. The molecule has 1 N–H and O–H groups in total. The van der Waals surface area contributed by atoms with E-state index in [1.807, 2.05) is 0 Å². The number of nitrogens with zero attached hydrogens (tertiary/aromatic N) is 1. The Kier molecular flexibility index (Phi) is 4.13. The van der Waals surface area contributed by atoms with Crippen LogP contribution in [0, 0.1) is 21.7 Å². The minimum absolute atomic E-state index is 0.199. The van der Waals surface area contributed by atoms with E-state index in [4.69, 9.17) is 4.74 Å². The van der Waals surface area contributed by atoms with E-state index in [2.05, 4.69) is 0 Å². The van der Waals surface area contributed by atoms with Crippen LogP contribution in [-0.2, 0) is 0 Å². The Hall–Kier alpha value is -2.54. The minimum atomic E-state index is -0.969. The van der Waals surface area contributed by atoms with Crippen LogP contribution in [0.2, 0.25) is 0 Å². The monoisotopic (exact) mass is 295 g/mol. The third-order valence-electron chi connectivity index (χ3n) is 2.78. The molecule has 0 aliphatic carbocycles. The first-order valence-electron chi connectivity index (χ1n) is 5.98. The zero-order valence-electron chi connectivity index (χ0n) is 10.9. The fourth-order valence-electron chi connectivity index (χ4n) is 1.70. The van der Waals surface area contributed by atoms with Gasteiger partial charge in [-0.1, -0.05) is 6.07 Å². The van der Waals surface area contributed by atoms with E-state index >= 15 is 0 Å². The van der Waals surface area contributed by atoms with Gasteiger partial charge in [0.05, 0.1) is 11.0 Å². The fourth-order valence-corrected chi connectivity index (χ4v) is 1.70. The number of rotatable bonds is 4. The van der Waals surface area contributed by atoms with Gasteiger partial charge in [0, 0.05) is 12.1 Å². The molecule has 5 nitrogen and oxygen atoms in total. The Bertz CT molecular complexity index is 689. The van der Waals surface area contributed by atoms with Crippen molar-refractivity contribution in [3.63, 3.8) is 0 Å². The van der Waals surface area contributed by atoms with Gasteiger partial charge in [0.15, 0.2) is 11.6 Å². The van der Waals surface area contributed by atoms with Crippen molar-refractivity contribution in [2.24, 2.45) is 0 Å². The van der Waals surface area contributed by atoms with Gasteiger partial charge < -0.3 is 9.84 Å². The van der Waals surface area contributed by atoms with E-state index in [9.17, 15) is 24.0 Å². The lowest BCUT2D eigenvalue weighted by Crippen LogP contribution is -1.98. The van der Waals surface area contributed by atoms with Crippen LogP contribution >= 0.6 is 0 Å². The standard InChI is InChI=1S/C14H11F2NO4/c1-8(18)9-2-4-14(12(6-9)17(19)20)21-13-5-3-10(15)7-11(13)16/h2-8,18H,1H3/t8-/m0/s1. The average Bonchev–Trinajstić information content (AvgIpc) is 2.41. The molecule has 0 bridgehead atoms. The molecule has 1 atom stereocenters. The van der Waals surface area contributed by atoms with Crippen molar-refractivity contribution in [1.82, 2.24) is 0 Å². The summed E-state index contributed by atoms with van der Waals surface area (Å²) in [6.45, 7) is 1.46. The number of ether oxygens (including phenoxy) is 1. The van der Waals surface area contributed by atoms with Crippen molar-refractivity contribution in [2.45, 2.75) is 13.0 Å². The second kappa shape index (κ2) is 5.84. The molecule has 0 amide bonds. The van der Waals surface area contributed by atoms with Gasteiger partial charge in [0.1, 0.15) is 5.82 Å². The molecule has 0 unspecified atom stereocenters. The maximum Gasteiger partial charge on any atom is 0.311 e. The van der Waals surface area contributed by atoms with Crippen molar-refractivity contribution in [1.29, 1.82) is 0 Å². The normalized spacial score (nSPS) is 12.0. The first-order valence-corrected chi connectivity index (χ1v) is 5.98. The van der Waals surface area contributed by atoms with Crippen LogP contribution in [-0.4, -0.2) is 10.0 Å². The average molecular weight is 295 g/mol. The Morgan fingerprint density at radius 1 is 1.19 bits per heavy atom. The van der Waals surface area contributed by atoms with Gasteiger partial charge in [-0.2, -0.15) is 0 Å². The topological polar surface area (TPSA) is 72.6 Å². The van der Waals surface area contributed by atoms with Crippen LogP contribution in [0.25, 0.3) is 0 Å². The first-order chi connectivity index (χ1) is 9.88. The van der Waals surface area contributed by atoms with Crippen LogP contribution in [0.4, 0.5) is 14.5 Å². The second-order valence-electron chi connectivity index (χ2n) is 4.34. The number of nitro groups is 1. The molecule has 2 aromatic carbocycles. The molecule has 0 aromatic heterocycles.